The van der Waals surface area contributed by atoms with Crippen molar-refractivity contribution in [2.45, 2.75) is 57.2 Å². The molecule has 0 radical (unpaired) electrons. The number of aromatic nitrogens is 4. The number of anilines is 1. The third-order valence-electron chi connectivity index (χ3n) is 5.74. The molecule has 4 rings (SSSR count). The van der Waals surface area contributed by atoms with Crippen molar-refractivity contribution in [3.05, 3.63) is 64.7 Å². The molecule has 0 saturated carbocycles. The van der Waals surface area contributed by atoms with Crippen molar-refractivity contribution in [1.29, 1.82) is 0 Å². The fourth-order valence-electron chi connectivity index (χ4n) is 4.13. The first-order valence-electron chi connectivity index (χ1n) is 11.2. The Morgan fingerprint density at radius 2 is 1.52 bits per heavy atom. The summed E-state index contributed by atoms with van der Waals surface area (Å²) in [6.07, 6.45) is 0. The van der Waals surface area contributed by atoms with Gasteiger partial charge in [-0.25, -0.2) is 15.0 Å². The number of nitrogens with zero attached hydrogens (tertiary/aromatic N) is 5. The summed E-state index contributed by atoms with van der Waals surface area (Å²) < 4.78 is 1.79. The van der Waals surface area contributed by atoms with Crippen LogP contribution in [-0.2, 0) is 12.3 Å². The number of rotatable bonds is 8. The van der Waals surface area contributed by atoms with E-state index in [0.29, 0.717) is 52.1 Å². The van der Waals surface area contributed by atoms with Gasteiger partial charge in [0.05, 0.1) is 22.2 Å². The average molecular weight is 463 g/mol. The fourth-order valence-corrected chi connectivity index (χ4v) is 5.01. The first kappa shape index (κ1) is 23.2. The van der Waals surface area contributed by atoms with E-state index >= 15 is 0 Å². The first-order chi connectivity index (χ1) is 15.8. The van der Waals surface area contributed by atoms with Crippen molar-refractivity contribution in [2.24, 2.45) is 0 Å². The monoisotopic (exact) mass is 462 g/mol. The molecule has 2 N–H and O–H groups in total. The molecule has 172 valence electrons. The Bertz CT molecular complexity index is 1330. The second-order valence-corrected chi connectivity index (χ2v) is 9.57. The van der Waals surface area contributed by atoms with E-state index in [1.807, 2.05) is 48.5 Å². The predicted molar refractivity (Wildman–Crippen MR) is 136 cm³/mol. The number of para-hydroxylation sites is 2. The maximum absolute atomic E-state index is 13.4. The summed E-state index contributed by atoms with van der Waals surface area (Å²) in [5.41, 5.74) is 7.65. The van der Waals surface area contributed by atoms with Crippen molar-refractivity contribution >= 4 is 39.4 Å². The Morgan fingerprint density at radius 1 is 0.909 bits per heavy atom. The van der Waals surface area contributed by atoms with E-state index in [1.165, 1.54) is 11.8 Å². The van der Waals surface area contributed by atoms with Crippen LogP contribution < -0.4 is 11.3 Å². The third kappa shape index (κ3) is 5.02. The topological polar surface area (TPSA) is 89.9 Å². The standard InChI is InChI=1S/C25H30N6OS/c1-16(2)30(17(3)4)13-14-31-24(32)19-10-6-8-12-21(19)28-25(31)33-15-22-27-20-11-7-5-9-18(20)23(26)29-22/h5-12,16-17H,13-15H2,1-4H3,(H2,26,27,29). The van der Waals surface area contributed by atoms with Gasteiger partial charge in [-0.3, -0.25) is 14.3 Å². The van der Waals surface area contributed by atoms with Gasteiger partial charge in [0.2, 0.25) is 0 Å². The van der Waals surface area contributed by atoms with Gasteiger partial charge in [-0.1, -0.05) is 36.0 Å². The lowest BCUT2D eigenvalue weighted by Crippen LogP contribution is -2.40. The molecule has 0 fully saturated rings. The Balaban J connectivity index is 1.67. The van der Waals surface area contributed by atoms with Crippen LogP contribution in [0.1, 0.15) is 33.5 Å². The highest BCUT2D eigenvalue weighted by Gasteiger charge is 2.17. The molecule has 0 amide bonds. The lowest BCUT2D eigenvalue weighted by Gasteiger charge is -2.30. The van der Waals surface area contributed by atoms with Crippen LogP contribution in [0, 0.1) is 0 Å². The summed E-state index contributed by atoms with van der Waals surface area (Å²) >= 11 is 1.47. The minimum Gasteiger partial charge on any atom is -0.383 e. The molecule has 8 heteroatoms. The van der Waals surface area contributed by atoms with Crippen LogP contribution in [-0.4, -0.2) is 43.0 Å². The summed E-state index contributed by atoms with van der Waals surface area (Å²) in [5.74, 6) is 1.55. The lowest BCUT2D eigenvalue weighted by molar-refractivity contribution is 0.166. The highest BCUT2D eigenvalue weighted by atomic mass is 32.2. The molecule has 0 aliphatic carbocycles. The number of fused-ring (bicyclic) bond motifs is 2. The number of nitrogen functional groups attached to an aromatic ring is 1. The zero-order chi connectivity index (χ0) is 23.5. The zero-order valence-electron chi connectivity index (χ0n) is 19.5. The van der Waals surface area contributed by atoms with Crippen LogP contribution in [0.25, 0.3) is 21.8 Å². The quantitative estimate of drug-likeness (QED) is 0.308. The van der Waals surface area contributed by atoms with Crippen molar-refractivity contribution in [3.8, 4) is 0 Å². The van der Waals surface area contributed by atoms with Crippen LogP contribution in [0.5, 0.6) is 0 Å². The van der Waals surface area contributed by atoms with Gasteiger partial charge in [-0.05, 0) is 52.0 Å². The normalized spacial score (nSPS) is 12.0. The van der Waals surface area contributed by atoms with Crippen molar-refractivity contribution in [3.63, 3.8) is 0 Å². The van der Waals surface area contributed by atoms with Crippen LogP contribution in [0.4, 0.5) is 5.82 Å². The van der Waals surface area contributed by atoms with Gasteiger partial charge in [-0.15, -0.1) is 0 Å². The Labute approximate surface area is 198 Å². The number of thioether (sulfide) groups is 1. The molecular weight excluding hydrogens is 432 g/mol. The average Bonchev–Trinajstić information content (AvgIpc) is 2.79. The van der Waals surface area contributed by atoms with E-state index in [1.54, 1.807) is 4.57 Å². The van der Waals surface area contributed by atoms with E-state index < -0.39 is 0 Å². The molecule has 0 spiro atoms. The molecule has 0 saturated heterocycles. The molecule has 4 aromatic rings. The molecule has 0 bridgehead atoms. The summed E-state index contributed by atoms with van der Waals surface area (Å²) in [7, 11) is 0. The van der Waals surface area contributed by atoms with Gasteiger partial charge in [0.1, 0.15) is 11.6 Å². The first-order valence-corrected chi connectivity index (χ1v) is 12.2. The Hall–Kier alpha value is -2.97. The Kier molecular flexibility index (Phi) is 6.95. The molecule has 0 aliphatic heterocycles. The van der Waals surface area contributed by atoms with Crippen molar-refractivity contribution in [2.75, 3.05) is 12.3 Å². The predicted octanol–water partition coefficient (Wildman–Crippen LogP) is 4.33. The van der Waals surface area contributed by atoms with Crippen LogP contribution in [0.2, 0.25) is 0 Å². The maximum Gasteiger partial charge on any atom is 0.262 e. The van der Waals surface area contributed by atoms with E-state index in [9.17, 15) is 4.79 Å². The van der Waals surface area contributed by atoms with Crippen molar-refractivity contribution in [1.82, 2.24) is 24.4 Å². The number of nitrogens with two attached hydrogens (primary N) is 1. The maximum atomic E-state index is 13.4. The highest BCUT2D eigenvalue weighted by molar-refractivity contribution is 7.98. The molecule has 7 nitrogen and oxygen atoms in total. The number of benzene rings is 2. The highest BCUT2D eigenvalue weighted by Crippen LogP contribution is 2.24. The second-order valence-electron chi connectivity index (χ2n) is 8.62. The molecule has 0 aliphatic rings. The molecule has 0 atom stereocenters. The summed E-state index contributed by atoms with van der Waals surface area (Å²) in [4.78, 5) is 29.7. The zero-order valence-corrected chi connectivity index (χ0v) is 20.3. The van der Waals surface area contributed by atoms with Crippen LogP contribution in [0.15, 0.2) is 58.5 Å². The van der Waals surface area contributed by atoms with Crippen LogP contribution >= 0.6 is 11.8 Å². The van der Waals surface area contributed by atoms with E-state index in [0.717, 1.165) is 17.4 Å². The summed E-state index contributed by atoms with van der Waals surface area (Å²) in [5, 5.41) is 2.14. The van der Waals surface area contributed by atoms with Gasteiger partial charge in [0.25, 0.3) is 5.56 Å². The van der Waals surface area contributed by atoms with Crippen molar-refractivity contribution < 1.29 is 0 Å². The van der Waals surface area contributed by atoms with Gasteiger partial charge < -0.3 is 5.73 Å². The minimum atomic E-state index is -0.0190. The van der Waals surface area contributed by atoms with E-state index in [-0.39, 0.29) is 5.56 Å². The lowest BCUT2D eigenvalue weighted by atomic mass is 10.2. The van der Waals surface area contributed by atoms with Gasteiger partial charge in [0.15, 0.2) is 5.16 Å². The molecule has 2 aromatic heterocycles. The van der Waals surface area contributed by atoms with E-state index in [2.05, 4.69) is 42.6 Å². The molecule has 0 unspecified atom stereocenters. The van der Waals surface area contributed by atoms with Gasteiger partial charge in [0, 0.05) is 30.6 Å². The summed E-state index contributed by atoms with van der Waals surface area (Å²) in [6.45, 7) is 10.0. The van der Waals surface area contributed by atoms with Gasteiger partial charge >= 0.3 is 0 Å². The van der Waals surface area contributed by atoms with Crippen LogP contribution in [0.3, 0.4) is 0 Å². The molecular formula is C25H30N6OS. The summed E-state index contributed by atoms with van der Waals surface area (Å²) in [6, 6.07) is 16.0. The SMILES string of the molecule is CC(C)N(CCn1c(SCc2nc(N)c3ccccc3n2)nc2ccccc2c1=O)C(C)C. The number of hydrogen-bond donors (Lipinski definition) is 1. The Morgan fingerprint density at radius 3 is 2.18 bits per heavy atom. The minimum absolute atomic E-state index is 0.0190. The third-order valence-corrected chi connectivity index (χ3v) is 6.72. The largest absolute Gasteiger partial charge is 0.383 e. The fraction of sp³-hybridized carbons (Fsp3) is 0.360. The molecule has 33 heavy (non-hydrogen) atoms. The van der Waals surface area contributed by atoms with E-state index in [4.69, 9.17) is 10.7 Å². The smallest absolute Gasteiger partial charge is 0.262 e. The number of hydrogen-bond acceptors (Lipinski definition) is 7. The van der Waals surface area contributed by atoms with Gasteiger partial charge in [-0.2, -0.15) is 0 Å². The molecule has 2 heterocycles. The second kappa shape index (κ2) is 9.89. The molecule has 2 aromatic carbocycles.